The number of nitrogens with zero attached hydrogens (tertiary/aromatic N) is 1. The van der Waals surface area contributed by atoms with Gasteiger partial charge in [0.05, 0.1) is 18.0 Å². The molecule has 27 heavy (non-hydrogen) atoms. The van der Waals surface area contributed by atoms with Gasteiger partial charge in [-0.15, -0.1) is 0 Å². The van der Waals surface area contributed by atoms with Gasteiger partial charge >= 0.3 is 6.18 Å². The summed E-state index contributed by atoms with van der Waals surface area (Å²) in [5.74, 6) is -0.359. The molecular formula is C19H19F4N3O. The Kier molecular flexibility index (Phi) is 5.23. The molecule has 1 unspecified atom stereocenters. The van der Waals surface area contributed by atoms with Crippen molar-refractivity contribution in [3.63, 3.8) is 0 Å². The molecule has 2 aromatic rings. The predicted octanol–water partition coefficient (Wildman–Crippen LogP) is 3.95. The van der Waals surface area contributed by atoms with Crippen molar-refractivity contribution in [2.75, 3.05) is 11.6 Å². The van der Waals surface area contributed by atoms with Crippen LogP contribution in [0.5, 0.6) is 0 Å². The Hall–Kier alpha value is -2.42. The summed E-state index contributed by atoms with van der Waals surface area (Å²) >= 11 is 0. The first-order chi connectivity index (χ1) is 12.6. The maximum absolute atomic E-state index is 13.2. The monoisotopic (exact) mass is 381 g/mol. The highest BCUT2D eigenvalue weighted by Crippen LogP contribution is 2.32. The van der Waals surface area contributed by atoms with Gasteiger partial charge < -0.3 is 10.5 Å². The molecule has 1 aliphatic heterocycles. The minimum atomic E-state index is -4.36. The normalized spacial score (nSPS) is 20.1. The van der Waals surface area contributed by atoms with Crippen LogP contribution < -0.4 is 16.2 Å². The third-order valence-electron chi connectivity index (χ3n) is 3.87. The molecule has 0 spiro atoms. The first kappa shape index (κ1) is 19.3. The summed E-state index contributed by atoms with van der Waals surface area (Å²) in [6.45, 7) is 0.307. The van der Waals surface area contributed by atoms with Crippen LogP contribution in [-0.4, -0.2) is 18.4 Å². The van der Waals surface area contributed by atoms with E-state index in [1.807, 2.05) is 6.07 Å². The van der Waals surface area contributed by atoms with Gasteiger partial charge in [0, 0.05) is 0 Å². The molecule has 0 aliphatic carbocycles. The van der Waals surface area contributed by atoms with Gasteiger partial charge in [-0.3, -0.25) is 5.01 Å². The molecule has 3 rings (SSSR count). The van der Waals surface area contributed by atoms with E-state index in [4.69, 9.17) is 10.5 Å². The van der Waals surface area contributed by atoms with E-state index in [1.54, 1.807) is 48.3 Å². The highest BCUT2D eigenvalue weighted by Gasteiger charge is 2.31. The summed E-state index contributed by atoms with van der Waals surface area (Å²) in [5, 5.41) is 1.72. The average molecular weight is 381 g/mol. The quantitative estimate of drug-likeness (QED) is 0.771. The van der Waals surface area contributed by atoms with Gasteiger partial charge in [-0.2, -0.15) is 13.2 Å². The molecule has 8 heteroatoms. The topological polar surface area (TPSA) is 50.5 Å². The second-order valence-corrected chi connectivity index (χ2v) is 6.54. The molecule has 3 N–H and O–H groups in total. The molecule has 0 bridgehead atoms. The molecule has 0 saturated heterocycles. The van der Waals surface area contributed by atoms with Crippen LogP contribution in [0.15, 0.2) is 54.6 Å². The fraction of sp³-hybridized carbons (Fsp3) is 0.263. The van der Waals surface area contributed by atoms with E-state index in [1.165, 1.54) is 12.1 Å². The van der Waals surface area contributed by atoms with Crippen molar-refractivity contribution < 1.29 is 22.3 Å². The molecule has 4 nitrogen and oxygen atoms in total. The molecule has 0 amide bonds. The number of hydrogen-bond acceptors (Lipinski definition) is 4. The maximum Gasteiger partial charge on any atom is 0.411 e. The standard InChI is InChI=1S/C19H19F4N3O/c1-18(24)10-17(26(25-18)16-7-5-15(20)6-8-16)14-4-2-3-13(9-14)11-27-12-19(21,22)23/h2-10,25H,11-12,24H2,1H3. The van der Waals surface area contributed by atoms with Crippen LogP contribution in [0.2, 0.25) is 0 Å². The number of benzene rings is 2. The summed E-state index contributed by atoms with van der Waals surface area (Å²) in [5.41, 5.74) is 11.2. The van der Waals surface area contributed by atoms with Crippen LogP contribution in [0.3, 0.4) is 0 Å². The van der Waals surface area contributed by atoms with Gasteiger partial charge in [-0.25, -0.2) is 9.82 Å². The molecule has 0 aromatic heterocycles. The van der Waals surface area contributed by atoms with Crippen molar-refractivity contribution >= 4 is 11.4 Å². The fourth-order valence-electron chi connectivity index (χ4n) is 2.79. The first-order valence-electron chi connectivity index (χ1n) is 8.22. The number of ether oxygens (including phenoxy) is 1. The Morgan fingerprint density at radius 1 is 1.15 bits per heavy atom. The zero-order valence-corrected chi connectivity index (χ0v) is 14.6. The molecule has 0 radical (unpaired) electrons. The summed E-state index contributed by atoms with van der Waals surface area (Å²) in [6.07, 6.45) is -2.57. The fourth-order valence-corrected chi connectivity index (χ4v) is 2.79. The second-order valence-electron chi connectivity index (χ2n) is 6.54. The van der Waals surface area contributed by atoms with Crippen LogP contribution >= 0.6 is 0 Å². The molecule has 1 aliphatic rings. The van der Waals surface area contributed by atoms with Crippen LogP contribution in [0.1, 0.15) is 18.1 Å². The van der Waals surface area contributed by atoms with E-state index in [9.17, 15) is 17.6 Å². The zero-order valence-electron chi connectivity index (χ0n) is 14.6. The maximum atomic E-state index is 13.2. The van der Waals surface area contributed by atoms with Gasteiger partial charge in [0.25, 0.3) is 0 Å². The number of alkyl halides is 3. The lowest BCUT2D eigenvalue weighted by molar-refractivity contribution is -0.176. The number of anilines is 1. The van der Waals surface area contributed by atoms with E-state index >= 15 is 0 Å². The van der Waals surface area contributed by atoms with Crippen molar-refractivity contribution in [1.29, 1.82) is 0 Å². The number of hydrazine groups is 1. The van der Waals surface area contributed by atoms with Crippen molar-refractivity contribution in [2.24, 2.45) is 5.73 Å². The number of nitrogens with one attached hydrogen (secondary N) is 1. The van der Waals surface area contributed by atoms with E-state index in [0.29, 0.717) is 16.9 Å². The van der Waals surface area contributed by atoms with Crippen LogP contribution in [-0.2, 0) is 11.3 Å². The molecular weight excluding hydrogens is 362 g/mol. The molecule has 144 valence electrons. The van der Waals surface area contributed by atoms with Crippen molar-refractivity contribution in [1.82, 2.24) is 5.43 Å². The third-order valence-corrected chi connectivity index (χ3v) is 3.87. The lowest BCUT2D eigenvalue weighted by Crippen LogP contribution is -2.51. The van der Waals surface area contributed by atoms with Gasteiger partial charge in [-0.05, 0) is 54.5 Å². The largest absolute Gasteiger partial charge is 0.411 e. The number of rotatable bonds is 5. The lowest BCUT2D eigenvalue weighted by atomic mass is 10.1. The Bertz CT molecular complexity index is 832. The smallest absolute Gasteiger partial charge is 0.367 e. The highest BCUT2D eigenvalue weighted by atomic mass is 19.4. The third kappa shape index (κ3) is 5.06. The summed E-state index contributed by atoms with van der Waals surface area (Å²) in [6, 6.07) is 12.9. The SMILES string of the molecule is CC1(N)C=C(c2cccc(COCC(F)(F)F)c2)N(c2ccc(F)cc2)N1. The second kappa shape index (κ2) is 7.30. The van der Waals surface area contributed by atoms with Gasteiger partial charge in [0.15, 0.2) is 0 Å². The van der Waals surface area contributed by atoms with Gasteiger partial charge in [-0.1, -0.05) is 18.2 Å². The average Bonchev–Trinajstić information content (AvgIpc) is 2.90. The first-order valence-corrected chi connectivity index (χ1v) is 8.22. The van der Waals surface area contributed by atoms with Crippen LogP contribution in [0.4, 0.5) is 23.2 Å². The molecule has 1 atom stereocenters. The minimum Gasteiger partial charge on any atom is -0.367 e. The molecule has 0 saturated carbocycles. The molecule has 0 fully saturated rings. The molecule has 1 heterocycles. The van der Waals surface area contributed by atoms with Crippen molar-refractivity contribution in [3.05, 3.63) is 71.6 Å². The summed E-state index contributed by atoms with van der Waals surface area (Å²) < 4.78 is 54.7. The van der Waals surface area contributed by atoms with Crippen LogP contribution in [0, 0.1) is 5.82 Å². The van der Waals surface area contributed by atoms with Crippen molar-refractivity contribution in [3.8, 4) is 0 Å². The highest BCUT2D eigenvalue weighted by molar-refractivity contribution is 5.81. The van der Waals surface area contributed by atoms with E-state index in [0.717, 1.165) is 5.56 Å². The predicted molar refractivity (Wildman–Crippen MR) is 94.7 cm³/mol. The lowest BCUT2D eigenvalue weighted by Gasteiger charge is -2.26. The van der Waals surface area contributed by atoms with E-state index in [-0.39, 0.29) is 12.4 Å². The van der Waals surface area contributed by atoms with E-state index in [2.05, 4.69) is 5.43 Å². The summed E-state index contributed by atoms with van der Waals surface area (Å²) in [4.78, 5) is 0. The van der Waals surface area contributed by atoms with Crippen molar-refractivity contribution in [2.45, 2.75) is 25.4 Å². The van der Waals surface area contributed by atoms with E-state index < -0.39 is 18.4 Å². The van der Waals surface area contributed by atoms with Gasteiger partial charge in [0.1, 0.15) is 18.1 Å². The van der Waals surface area contributed by atoms with Crippen LogP contribution in [0.25, 0.3) is 5.70 Å². The number of hydrogen-bond donors (Lipinski definition) is 2. The Morgan fingerprint density at radius 2 is 1.85 bits per heavy atom. The number of halogens is 4. The molecule has 2 aromatic carbocycles. The summed E-state index contributed by atoms with van der Waals surface area (Å²) in [7, 11) is 0. The number of nitrogens with two attached hydrogens (primary N) is 1. The van der Waals surface area contributed by atoms with Gasteiger partial charge in [0.2, 0.25) is 0 Å². The Balaban J connectivity index is 1.84. The zero-order chi connectivity index (χ0) is 19.7. The Morgan fingerprint density at radius 3 is 2.52 bits per heavy atom. The Labute approximate surface area is 154 Å². The minimum absolute atomic E-state index is 0.162.